The molecule has 1 saturated heterocycles. The Labute approximate surface area is 137 Å². The fraction of sp³-hybridized carbons (Fsp3) is 0.562. The topological polar surface area (TPSA) is 66.9 Å². The number of likely N-dealkylation sites (N-methyl/N-ethyl adjacent to an activating group) is 1. The summed E-state index contributed by atoms with van der Waals surface area (Å²) < 4.78 is 29.0. The number of hydrogen-bond acceptors (Lipinski definition) is 5. The lowest BCUT2D eigenvalue weighted by molar-refractivity contribution is 0.0533. The van der Waals surface area contributed by atoms with E-state index in [2.05, 4.69) is 4.90 Å². The van der Waals surface area contributed by atoms with Crippen LogP contribution < -0.4 is 0 Å². The van der Waals surface area contributed by atoms with E-state index in [4.69, 9.17) is 4.74 Å². The lowest BCUT2D eigenvalue weighted by Gasteiger charge is -2.38. The molecule has 1 aromatic carbocycles. The molecule has 1 aromatic rings. The van der Waals surface area contributed by atoms with E-state index in [-0.39, 0.29) is 29.2 Å². The molecule has 6 nitrogen and oxygen atoms in total. The van der Waals surface area contributed by atoms with Crippen molar-refractivity contribution in [1.82, 2.24) is 9.80 Å². The van der Waals surface area contributed by atoms with Crippen LogP contribution >= 0.6 is 0 Å². The summed E-state index contributed by atoms with van der Waals surface area (Å²) in [5.41, 5.74) is 0.520. The summed E-state index contributed by atoms with van der Waals surface area (Å²) in [6.07, 6.45) is 0. The highest BCUT2D eigenvalue weighted by molar-refractivity contribution is 7.91. The number of nitrogens with zero attached hydrogens (tertiary/aromatic N) is 2. The summed E-state index contributed by atoms with van der Waals surface area (Å²) in [5.74, 6) is -0.113. The lowest BCUT2D eigenvalue weighted by atomic mass is 10.1. The number of hydrogen-bond donors (Lipinski definition) is 0. The molecule has 0 saturated carbocycles. The number of ether oxygens (including phenoxy) is 1. The Hall–Kier alpha value is -1.44. The maximum absolute atomic E-state index is 12.6. The second kappa shape index (κ2) is 7.42. The van der Waals surface area contributed by atoms with Crippen LogP contribution in [0, 0.1) is 0 Å². The van der Waals surface area contributed by atoms with E-state index in [1.54, 1.807) is 12.1 Å². The summed E-state index contributed by atoms with van der Waals surface area (Å²) in [6, 6.07) is 6.32. The van der Waals surface area contributed by atoms with Crippen LogP contribution in [0.25, 0.3) is 0 Å². The van der Waals surface area contributed by atoms with E-state index in [0.29, 0.717) is 12.1 Å². The van der Waals surface area contributed by atoms with Crippen molar-refractivity contribution >= 4 is 15.7 Å². The molecule has 7 heteroatoms. The van der Waals surface area contributed by atoms with Crippen LogP contribution in [-0.4, -0.2) is 76.3 Å². The van der Waals surface area contributed by atoms with Gasteiger partial charge in [0.1, 0.15) is 0 Å². The summed E-state index contributed by atoms with van der Waals surface area (Å²) in [5, 5.41) is 0. The number of carbonyl (C=O) groups is 1. The minimum Gasteiger partial charge on any atom is -0.384 e. The van der Waals surface area contributed by atoms with Gasteiger partial charge in [-0.3, -0.25) is 4.79 Å². The largest absolute Gasteiger partial charge is 0.384 e. The van der Waals surface area contributed by atoms with Gasteiger partial charge in [0.05, 0.1) is 17.3 Å². The molecule has 0 bridgehead atoms. The van der Waals surface area contributed by atoms with Gasteiger partial charge in [-0.25, -0.2) is 8.42 Å². The molecular weight excluding hydrogens is 316 g/mol. The van der Waals surface area contributed by atoms with E-state index in [9.17, 15) is 13.2 Å². The molecule has 128 valence electrons. The van der Waals surface area contributed by atoms with Crippen molar-refractivity contribution < 1.29 is 17.9 Å². The Morgan fingerprint density at radius 3 is 2.48 bits per heavy atom. The highest BCUT2D eigenvalue weighted by Crippen LogP contribution is 2.16. The normalized spacial score (nSPS) is 19.8. The predicted molar refractivity (Wildman–Crippen MR) is 88.4 cm³/mol. The van der Waals surface area contributed by atoms with Gasteiger partial charge in [0.2, 0.25) is 0 Å². The van der Waals surface area contributed by atoms with Gasteiger partial charge in [0.25, 0.3) is 5.91 Å². The predicted octanol–water partition coefficient (Wildman–Crippen LogP) is 0.883. The fourth-order valence-corrected chi connectivity index (χ4v) is 3.90. The van der Waals surface area contributed by atoms with Gasteiger partial charge in [-0.2, -0.15) is 0 Å². The molecule has 23 heavy (non-hydrogen) atoms. The van der Waals surface area contributed by atoms with Crippen molar-refractivity contribution in [3.05, 3.63) is 29.8 Å². The monoisotopic (exact) mass is 340 g/mol. The Morgan fingerprint density at radius 2 is 1.91 bits per heavy atom. The molecule has 1 aliphatic rings. The summed E-state index contributed by atoms with van der Waals surface area (Å²) >= 11 is 0. The highest BCUT2D eigenvalue weighted by Gasteiger charge is 2.26. The molecule has 0 N–H and O–H groups in total. The van der Waals surface area contributed by atoms with Crippen molar-refractivity contribution in [3.8, 4) is 0 Å². The third kappa shape index (κ3) is 4.31. The van der Waals surface area contributed by atoms with Crippen LogP contribution in [-0.2, 0) is 14.6 Å². The van der Waals surface area contributed by atoms with Crippen LogP contribution in [0.5, 0.6) is 0 Å². The first-order chi connectivity index (χ1) is 10.8. The molecular formula is C16H24N2O4S. The third-order valence-electron chi connectivity index (χ3n) is 4.11. The molecule has 0 spiro atoms. The molecule has 0 aromatic heterocycles. The van der Waals surface area contributed by atoms with Crippen LogP contribution in [0.4, 0.5) is 0 Å². The van der Waals surface area contributed by atoms with Gasteiger partial charge >= 0.3 is 0 Å². The number of piperazine rings is 1. The average molecular weight is 340 g/mol. The maximum atomic E-state index is 12.6. The summed E-state index contributed by atoms with van der Waals surface area (Å²) in [6.45, 7) is 4.55. The molecule has 2 rings (SSSR count). The SMILES string of the molecule is COCCS(=O)(=O)c1ccc(C(=O)N2CCN(C)C[C@@H]2C)cc1. The highest BCUT2D eigenvalue weighted by atomic mass is 32.2. The molecule has 1 atom stereocenters. The first kappa shape index (κ1) is 17.9. The van der Waals surface area contributed by atoms with Gasteiger partial charge in [0, 0.05) is 38.3 Å². The molecule has 1 amide bonds. The number of sulfone groups is 1. The lowest BCUT2D eigenvalue weighted by Crippen LogP contribution is -2.52. The summed E-state index contributed by atoms with van der Waals surface area (Å²) in [4.78, 5) is 16.8. The van der Waals surface area contributed by atoms with Gasteiger partial charge < -0.3 is 14.5 Å². The molecule has 0 aliphatic carbocycles. The van der Waals surface area contributed by atoms with Crippen molar-refractivity contribution in [2.45, 2.75) is 17.9 Å². The smallest absolute Gasteiger partial charge is 0.254 e. The molecule has 1 fully saturated rings. The van der Waals surface area contributed by atoms with Gasteiger partial charge in [-0.05, 0) is 38.2 Å². The van der Waals surface area contributed by atoms with Gasteiger partial charge in [-0.15, -0.1) is 0 Å². The summed E-state index contributed by atoms with van der Waals surface area (Å²) in [7, 11) is 0.142. The second-order valence-electron chi connectivity index (χ2n) is 5.95. The van der Waals surface area contributed by atoms with E-state index in [1.165, 1.54) is 19.2 Å². The standard InChI is InChI=1S/C16H24N2O4S/c1-13-12-17(2)8-9-18(13)16(19)14-4-6-15(7-5-14)23(20,21)11-10-22-3/h4-7,13H,8-12H2,1-3H3/t13-/m0/s1. The third-order valence-corrected chi connectivity index (χ3v) is 5.80. The fourth-order valence-electron chi connectivity index (χ4n) is 2.72. The van der Waals surface area contributed by atoms with Crippen LogP contribution in [0.1, 0.15) is 17.3 Å². The maximum Gasteiger partial charge on any atom is 0.254 e. The number of carbonyl (C=O) groups excluding carboxylic acids is 1. The zero-order chi connectivity index (χ0) is 17.0. The molecule has 1 heterocycles. The van der Waals surface area contributed by atoms with E-state index in [0.717, 1.165) is 13.1 Å². The van der Waals surface area contributed by atoms with E-state index < -0.39 is 9.84 Å². The van der Waals surface area contributed by atoms with Crippen molar-refractivity contribution in [2.75, 3.05) is 46.2 Å². The Kier molecular flexibility index (Phi) is 5.78. The molecule has 0 unspecified atom stereocenters. The van der Waals surface area contributed by atoms with Crippen LogP contribution in [0.3, 0.4) is 0 Å². The van der Waals surface area contributed by atoms with Crippen molar-refractivity contribution in [1.29, 1.82) is 0 Å². The van der Waals surface area contributed by atoms with E-state index >= 15 is 0 Å². The Bertz CT molecular complexity index is 643. The van der Waals surface area contributed by atoms with Crippen molar-refractivity contribution in [3.63, 3.8) is 0 Å². The van der Waals surface area contributed by atoms with Crippen molar-refractivity contribution in [2.24, 2.45) is 0 Å². The quantitative estimate of drug-likeness (QED) is 0.796. The minimum absolute atomic E-state index is 0.0496. The number of rotatable bonds is 5. The second-order valence-corrected chi connectivity index (χ2v) is 8.06. The average Bonchev–Trinajstić information content (AvgIpc) is 2.52. The first-order valence-corrected chi connectivity index (χ1v) is 9.31. The number of benzene rings is 1. The zero-order valence-corrected chi connectivity index (χ0v) is 14.7. The minimum atomic E-state index is -3.36. The number of methoxy groups -OCH3 is 1. The van der Waals surface area contributed by atoms with Gasteiger partial charge in [0.15, 0.2) is 9.84 Å². The molecule has 0 radical (unpaired) electrons. The van der Waals surface area contributed by atoms with E-state index in [1.807, 2.05) is 18.9 Å². The van der Waals surface area contributed by atoms with Gasteiger partial charge in [-0.1, -0.05) is 0 Å². The first-order valence-electron chi connectivity index (χ1n) is 7.66. The van der Waals surface area contributed by atoms with Crippen LogP contribution in [0.2, 0.25) is 0 Å². The molecule has 1 aliphatic heterocycles. The Morgan fingerprint density at radius 1 is 1.26 bits per heavy atom. The Balaban J connectivity index is 2.11. The number of amides is 1. The zero-order valence-electron chi connectivity index (χ0n) is 13.9. The van der Waals surface area contributed by atoms with Crippen LogP contribution in [0.15, 0.2) is 29.2 Å².